The first kappa shape index (κ1) is 17.3. The van der Waals surface area contributed by atoms with Gasteiger partial charge in [0.2, 0.25) is 15.9 Å². The van der Waals surface area contributed by atoms with Gasteiger partial charge in [0.05, 0.1) is 5.69 Å². The average Bonchev–Trinajstić information content (AvgIpc) is 2.91. The van der Waals surface area contributed by atoms with Crippen molar-refractivity contribution in [2.45, 2.75) is 13.3 Å². The summed E-state index contributed by atoms with van der Waals surface area (Å²) in [4.78, 5) is 15.8. The molecule has 0 bridgehead atoms. The number of anilines is 1. The average molecular weight is 351 g/mol. The summed E-state index contributed by atoms with van der Waals surface area (Å²) in [6.07, 6.45) is 1.54. The Morgan fingerprint density at radius 3 is 2.70 bits per heavy atom. The van der Waals surface area contributed by atoms with E-state index in [4.69, 9.17) is 0 Å². The highest BCUT2D eigenvalue weighted by Gasteiger charge is 2.08. The molecule has 0 saturated heterocycles. The minimum absolute atomic E-state index is 0.0255. The number of thiazole rings is 1. The lowest BCUT2D eigenvalue weighted by molar-refractivity contribution is -0.116. The second kappa shape index (κ2) is 8.00. The summed E-state index contributed by atoms with van der Waals surface area (Å²) in [5.74, 6) is -0.283. The first-order chi connectivity index (χ1) is 10.9. The highest BCUT2D eigenvalue weighted by atomic mass is 32.2. The lowest BCUT2D eigenvalue weighted by atomic mass is 10.2. The van der Waals surface area contributed by atoms with E-state index in [1.807, 2.05) is 30.5 Å². The highest BCUT2D eigenvalue weighted by molar-refractivity contribution is 7.92. The van der Waals surface area contributed by atoms with Crippen LogP contribution in [-0.4, -0.2) is 25.9 Å². The standard InChI is InChI=1S/C15H17N3O3S2/c1-12-11-22-15(17-12)18-14(19)7-9-16-23(20,21)10-8-13-5-3-2-4-6-13/h2-6,8,10-11,16H,7,9H2,1H3,(H,17,18,19)/b10-8+. The van der Waals surface area contributed by atoms with Crippen molar-refractivity contribution >= 4 is 38.5 Å². The molecule has 0 unspecified atom stereocenters. The molecule has 0 atom stereocenters. The Morgan fingerprint density at radius 2 is 2.04 bits per heavy atom. The quantitative estimate of drug-likeness (QED) is 0.801. The molecule has 8 heteroatoms. The van der Waals surface area contributed by atoms with Crippen LogP contribution in [-0.2, 0) is 14.8 Å². The smallest absolute Gasteiger partial charge is 0.233 e. The molecule has 1 aromatic heterocycles. The zero-order chi connectivity index (χ0) is 16.7. The Labute approximate surface area is 139 Å². The molecule has 2 rings (SSSR count). The van der Waals surface area contributed by atoms with Crippen molar-refractivity contribution in [3.63, 3.8) is 0 Å². The minimum atomic E-state index is -3.57. The molecule has 23 heavy (non-hydrogen) atoms. The SMILES string of the molecule is Cc1csc(NC(=O)CCNS(=O)(=O)/C=C/c2ccccc2)n1. The van der Waals surface area contributed by atoms with Gasteiger partial charge in [-0.3, -0.25) is 4.79 Å². The predicted octanol–water partition coefficient (Wildman–Crippen LogP) is 2.37. The summed E-state index contributed by atoms with van der Waals surface area (Å²) in [5.41, 5.74) is 1.62. The van der Waals surface area contributed by atoms with Gasteiger partial charge >= 0.3 is 0 Å². The van der Waals surface area contributed by atoms with E-state index in [1.165, 1.54) is 17.4 Å². The van der Waals surface area contributed by atoms with Crippen molar-refractivity contribution < 1.29 is 13.2 Å². The number of amides is 1. The summed E-state index contributed by atoms with van der Waals surface area (Å²) >= 11 is 1.33. The van der Waals surface area contributed by atoms with Crippen LogP contribution in [0, 0.1) is 6.92 Å². The molecule has 6 nitrogen and oxygen atoms in total. The summed E-state index contributed by atoms with van der Waals surface area (Å²) in [7, 11) is -3.57. The maximum Gasteiger partial charge on any atom is 0.233 e. The Hall–Kier alpha value is -2.03. The van der Waals surface area contributed by atoms with Crippen molar-refractivity contribution in [2.75, 3.05) is 11.9 Å². The number of nitrogens with one attached hydrogen (secondary N) is 2. The summed E-state index contributed by atoms with van der Waals surface area (Å²) in [5, 5.41) is 6.05. The number of nitrogens with zero attached hydrogens (tertiary/aromatic N) is 1. The molecular formula is C15H17N3O3S2. The van der Waals surface area contributed by atoms with Crippen molar-refractivity contribution in [3.05, 3.63) is 52.4 Å². The molecule has 1 aromatic carbocycles. The lowest BCUT2D eigenvalue weighted by Gasteiger charge is -2.03. The first-order valence-electron chi connectivity index (χ1n) is 6.89. The zero-order valence-electron chi connectivity index (χ0n) is 12.5. The van der Waals surface area contributed by atoms with Crippen LogP contribution in [0.5, 0.6) is 0 Å². The van der Waals surface area contributed by atoms with Gasteiger partial charge in [-0.1, -0.05) is 30.3 Å². The molecule has 1 heterocycles. The van der Waals surface area contributed by atoms with Crippen LogP contribution in [0.4, 0.5) is 5.13 Å². The third-order valence-electron chi connectivity index (χ3n) is 2.76. The normalized spacial score (nSPS) is 11.7. The number of sulfonamides is 1. The fourth-order valence-electron chi connectivity index (χ4n) is 1.68. The molecule has 2 N–H and O–H groups in total. The molecule has 122 valence electrons. The maximum atomic E-state index is 11.8. The van der Waals surface area contributed by atoms with Crippen LogP contribution in [0.25, 0.3) is 6.08 Å². The number of carbonyl (C=O) groups is 1. The van der Waals surface area contributed by atoms with Gasteiger partial charge in [-0.2, -0.15) is 0 Å². The third-order valence-corrected chi connectivity index (χ3v) is 4.74. The highest BCUT2D eigenvalue weighted by Crippen LogP contribution is 2.14. The lowest BCUT2D eigenvalue weighted by Crippen LogP contribution is -2.26. The van der Waals surface area contributed by atoms with Crippen molar-refractivity contribution in [1.29, 1.82) is 0 Å². The van der Waals surface area contributed by atoms with Crippen LogP contribution in [0.3, 0.4) is 0 Å². The van der Waals surface area contributed by atoms with Gasteiger partial charge in [0.1, 0.15) is 0 Å². The van der Waals surface area contributed by atoms with E-state index in [-0.39, 0.29) is 18.9 Å². The second-order valence-corrected chi connectivity index (χ2v) is 7.25. The Morgan fingerprint density at radius 1 is 1.30 bits per heavy atom. The van der Waals surface area contributed by atoms with E-state index in [9.17, 15) is 13.2 Å². The monoisotopic (exact) mass is 351 g/mol. The molecule has 0 fully saturated rings. The van der Waals surface area contributed by atoms with E-state index in [0.29, 0.717) is 5.13 Å². The van der Waals surface area contributed by atoms with Gasteiger partial charge in [0, 0.05) is 23.8 Å². The summed E-state index contributed by atoms with van der Waals surface area (Å²) < 4.78 is 26.0. The minimum Gasteiger partial charge on any atom is -0.302 e. The topological polar surface area (TPSA) is 88.2 Å². The number of hydrogen-bond acceptors (Lipinski definition) is 5. The Bertz CT molecular complexity index is 783. The van der Waals surface area contributed by atoms with E-state index in [2.05, 4.69) is 15.0 Å². The van der Waals surface area contributed by atoms with Gasteiger partial charge < -0.3 is 5.32 Å². The number of hydrogen-bond donors (Lipinski definition) is 2. The predicted molar refractivity (Wildman–Crippen MR) is 92.5 cm³/mol. The van der Waals surface area contributed by atoms with Gasteiger partial charge in [0.15, 0.2) is 5.13 Å². The van der Waals surface area contributed by atoms with Gasteiger partial charge in [-0.15, -0.1) is 11.3 Å². The Balaban J connectivity index is 1.78. The fourth-order valence-corrected chi connectivity index (χ4v) is 3.20. The zero-order valence-corrected chi connectivity index (χ0v) is 14.2. The largest absolute Gasteiger partial charge is 0.302 e. The van der Waals surface area contributed by atoms with Gasteiger partial charge in [-0.25, -0.2) is 18.1 Å². The molecule has 1 amide bonds. The van der Waals surface area contributed by atoms with Crippen LogP contribution in [0.15, 0.2) is 41.1 Å². The molecule has 0 spiro atoms. The number of aromatic nitrogens is 1. The molecule has 0 saturated carbocycles. The van der Waals surface area contributed by atoms with Crippen LogP contribution in [0.2, 0.25) is 0 Å². The second-order valence-electron chi connectivity index (χ2n) is 4.74. The van der Waals surface area contributed by atoms with Gasteiger partial charge in [-0.05, 0) is 18.6 Å². The van der Waals surface area contributed by atoms with E-state index < -0.39 is 10.0 Å². The van der Waals surface area contributed by atoms with Crippen LogP contribution in [0.1, 0.15) is 17.7 Å². The summed E-state index contributed by atoms with van der Waals surface area (Å²) in [6, 6.07) is 9.10. The maximum absolute atomic E-state index is 11.8. The number of aryl methyl sites for hydroxylation is 1. The van der Waals surface area contributed by atoms with Gasteiger partial charge in [0.25, 0.3) is 0 Å². The van der Waals surface area contributed by atoms with Crippen molar-refractivity contribution in [1.82, 2.24) is 9.71 Å². The van der Waals surface area contributed by atoms with Crippen molar-refractivity contribution in [2.24, 2.45) is 0 Å². The molecule has 0 radical (unpaired) electrons. The number of benzene rings is 1. The molecule has 0 aliphatic rings. The number of rotatable bonds is 7. The van der Waals surface area contributed by atoms with E-state index in [1.54, 1.807) is 12.1 Å². The third kappa shape index (κ3) is 6.31. The number of carbonyl (C=O) groups excluding carboxylic acids is 1. The van der Waals surface area contributed by atoms with E-state index >= 15 is 0 Å². The fraction of sp³-hybridized carbons (Fsp3) is 0.200. The summed E-state index contributed by atoms with van der Waals surface area (Å²) in [6.45, 7) is 1.86. The first-order valence-corrected chi connectivity index (χ1v) is 9.32. The molecule has 2 aromatic rings. The van der Waals surface area contributed by atoms with E-state index in [0.717, 1.165) is 16.7 Å². The van der Waals surface area contributed by atoms with Crippen molar-refractivity contribution in [3.8, 4) is 0 Å². The molecular weight excluding hydrogens is 334 g/mol. The van der Waals surface area contributed by atoms with Crippen LogP contribution >= 0.6 is 11.3 Å². The Kier molecular flexibility index (Phi) is 6.03. The molecule has 0 aliphatic heterocycles. The van der Waals surface area contributed by atoms with Crippen LogP contribution < -0.4 is 10.0 Å². The molecule has 0 aliphatic carbocycles.